The van der Waals surface area contributed by atoms with Crippen LogP contribution < -0.4 is 0 Å². The normalized spacial score (nSPS) is 14.3. The highest BCUT2D eigenvalue weighted by Crippen LogP contribution is 2.10. The van der Waals surface area contributed by atoms with Gasteiger partial charge < -0.3 is 9.47 Å². The second kappa shape index (κ2) is 3.72. The van der Waals surface area contributed by atoms with Gasteiger partial charge in [-0.1, -0.05) is 0 Å². The highest BCUT2D eigenvalue weighted by molar-refractivity contribution is 5.73. The lowest BCUT2D eigenvalue weighted by atomic mass is 10.2. The van der Waals surface area contributed by atoms with E-state index in [1.54, 1.807) is 6.92 Å². The molecule has 0 rings (SSSR count). The second-order valence-electron chi connectivity index (χ2n) is 3.40. The van der Waals surface area contributed by atoms with Crippen LogP contribution in [-0.4, -0.2) is 24.8 Å². The van der Waals surface area contributed by atoms with Crippen LogP contribution in [-0.2, 0) is 14.3 Å². The Morgan fingerprint density at radius 2 is 1.82 bits per heavy atom. The van der Waals surface area contributed by atoms with Crippen LogP contribution in [0, 0.1) is 0 Å². The summed E-state index contributed by atoms with van der Waals surface area (Å²) in [5.74, 6) is -0.333. The maximum Gasteiger partial charge on any atom is 0.334 e. The minimum atomic E-state index is -0.486. The number of hydrogen-bond acceptors (Lipinski definition) is 3. The smallest absolute Gasteiger partial charge is 0.334 e. The Bertz CT molecular complexity index is 135. The van der Waals surface area contributed by atoms with Crippen LogP contribution in [0.3, 0.4) is 0 Å². The molecule has 0 amide bonds. The van der Waals surface area contributed by atoms with Crippen molar-refractivity contribution in [3.05, 3.63) is 0 Å². The van der Waals surface area contributed by atoms with Crippen molar-refractivity contribution in [2.24, 2.45) is 0 Å². The molecule has 0 aliphatic rings. The fourth-order valence-corrected chi connectivity index (χ4v) is 0.744. The number of rotatable bonds is 2. The molecule has 0 aliphatic heterocycles. The van der Waals surface area contributed by atoms with Crippen molar-refractivity contribution in [2.75, 3.05) is 7.11 Å². The van der Waals surface area contributed by atoms with Crippen LogP contribution in [0.1, 0.15) is 27.7 Å². The zero-order valence-corrected chi connectivity index (χ0v) is 7.80. The van der Waals surface area contributed by atoms with Gasteiger partial charge in [0.25, 0.3) is 0 Å². The average molecular weight is 160 g/mol. The summed E-state index contributed by atoms with van der Waals surface area (Å²) in [6.07, 6.45) is -0.486. The Hall–Kier alpha value is -0.570. The van der Waals surface area contributed by atoms with Gasteiger partial charge in [0.15, 0.2) is 6.10 Å². The molecule has 0 saturated carbocycles. The zero-order valence-electron chi connectivity index (χ0n) is 7.80. The van der Waals surface area contributed by atoms with E-state index in [4.69, 9.17) is 4.74 Å². The van der Waals surface area contributed by atoms with Crippen molar-refractivity contribution in [3.63, 3.8) is 0 Å². The molecule has 0 fully saturated rings. The molecule has 0 N–H and O–H groups in total. The first-order chi connectivity index (χ1) is 4.87. The molecule has 0 aliphatic carbocycles. The summed E-state index contributed by atoms with van der Waals surface area (Å²) in [6, 6.07) is 0. The number of methoxy groups -OCH3 is 1. The maximum absolute atomic E-state index is 10.8. The Kier molecular flexibility index (Phi) is 3.52. The van der Waals surface area contributed by atoms with Crippen molar-refractivity contribution >= 4 is 5.97 Å². The molecule has 0 bridgehead atoms. The Morgan fingerprint density at radius 3 is 2.09 bits per heavy atom. The molecule has 0 heterocycles. The monoisotopic (exact) mass is 160 g/mol. The third-order valence-electron chi connectivity index (χ3n) is 1.06. The third-order valence-corrected chi connectivity index (χ3v) is 1.06. The zero-order chi connectivity index (χ0) is 9.07. The maximum atomic E-state index is 10.8. The van der Waals surface area contributed by atoms with Gasteiger partial charge in [0.2, 0.25) is 0 Å². The van der Waals surface area contributed by atoms with Gasteiger partial charge in [-0.05, 0) is 27.7 Å². The minimum absolute atomic E-state index is 0.298. The standard InChI is InChI=1S/C8H16O3/c1-6(7(9)10-5)11-8(2,3)4/h6H,1-5H3/t6-/m0/s1. The van der Waals surface area contributed by atoms with Crippen LogP contribution in [0.5, 0.6) is 0 Å². The molecule has 0 aromatic carbocycles. The van der Waals surface area contributed by atoms with Crippen molar-refractivity contribution < 1.29 is 14.3 Å². The van der Waals surface area contributed by atoms with Gasteiger partial charge in [-0.2, -0.15) is 0 Å². The van der Waals surface area contributed by atoms with Gasteiger partial charge in [-0.25, -0.2) is 4.79 Å². The van der Waals surface area contributed by atoms with E-state index in [1.165, 1.54) is 7.11 Å². The third kappa shape index (κ3) is 4.79. The Morgan fingerprint density at radius 1 is 1.36 bits per heavy atom. The number of esters is 1. The summed E-state index contributed by atoms with van der Waals surface area (Å²) < 4.78 is 9.81. The fraction of sp³-hybridized carbons (Fsp3) is 0.875. The van der Waals surface area contributed by atoms with Crippen LogP contribution in [0.25, 0.3) is 0 Å². The van der Waals surface area contributed by atoms with E-state index in [2.05, 4.69) is 4.74 Å². The highest BCUT2D eigenvalue weighted by atomic mass is 16.6. The highest BCUT2D eigenvalue weighted by Gasteiger charge is 2.20. The van der Waals surface area contributed by atoms with E-state index in [1.807, 2.05) is 20.8 Å². The molecule has 0 radical (unpaired) electrons. The molecule has 3 nitrogen and oxygen atoms in total. The molecule has 0 spiro atoms. The predicted molar refractivity (Wildman–Crippen MR) is 42.3 cm³/mol. The molecule has 0 aromatic rings. The molecular formula is C8H16O3. The topological polar surface area (TPSA) is 35.5 Å². The number of carbonyl (C=O) groups excluding carboxylic acids is 1. The Labute approximate surface area is 67.7 Å². The van der Waals surface area contributed by atoms with Crippen molar-refractivity contribution in [1.82, 2.24) is 0 Å². The van der Waals surface area contributed by atoms with Crippen molar-refractivity contribution in [2.45, 2.75) is 39.4 Å². The molecule has 66 valence electrons. The molecule has 0 aromatic heterocycles. The first-order valence-corrected chi connectivity index (χ1v) is 3.62. The molecule has 0 saturated heterocycles. The molecule has 11 heavy (non-hydrogen) atoms. The second-order valence-corrected chi connectivity index (χ2v) is 3.40. The van der Waals surface area contributed by atoms with E-state index >= 15 is 0 Å². The van der Waals surface area contributed by atoms with Gasteiger partial charge in [0.05, 0.1) is 12.7 Å². The molecule has 1 atom stereocenters. The van der Waals surface area contributed by atoms with E-state index in [-0.39, 0.29) is 11.6 Å². The lowest BCUT2D eigenvalue weighted by Crippen LogP contribution is -2.31. The van der Waals surface area contributed by atoms with E-state index in [0.717, 1.165) is 0 Å². The fourth-order valence-electron chi connectivity index (χ4n) is 0.744. The summed E-state index contributed by atoms with van der Waals surface area (Å²) in [7, 11) is 1.35. The predicted octanol–water partition coefficient (Wildman–Crippen LogP) is 1.36. The summed E-state index contributed by atoms with van der Waals surface area (Å²) >= 11 is 0. The van der Waals surface area contributed by atoms with E-state index < -0.39 is 6.10 Å². The summed E-state index contributed by atoms with van der Waals surface area (Å²) in [4.78, 5) is 10.8. The SMILES string of the molecule is COC(=O)[C@H](C)OC(C)(C)C. The van der Waals surface area contributed by atoms with Crippen molar-refractivity contribution in [1.29, 1.82) is 0 Å². The minimum Gasteiger partial charge on any atom is -0.467 e. The lowest BCUT2D eigenvalue weighted by molar-refractivity contribution is -0.161. The quantitative estimate of drug-likeness (QED) is 0.572. The first kappa shape index (κ1) is 10.4. The van der Waals surface area contributed by atoms with Crippen LogP contribution in [0.15, 0.2) is 0 Å². The van der Waals surface area contributed by atoms with Crippen molar-refractivity contribution in [3.8, 4) is 0 Å². The van der Waals surface area contributed by atoms with E-state index in [0.29, 0.717) is 0 Å². The summed E-state index contributed by atoms with van der Waals surface area (Å²) in [5, 5.41) is 0. The van der Waals surface area contributed by atoms with Gasteiger partial charge in [-0.15, -0.1) is 0 Å². The largest absolute Gasteiger partial charge is 0.467 e. The van der Waals surface area contributed by atoms with Gasteiger partial charge in [0.1, 0.15) is 0 Å². The number of hydrogen-bond donors (Lipinski definition) is 0. The Balaban J connectivity index is 3.87. The van der Waals surface area contributed by atoms with Crippen LogP contribution in [0.4, 0.5) is 0 Å². The van der Waals surface area contributed by atoms with Gasteiger partial charge >= 0.3 is 5.97 Å². The number of ether oxygens (including phenoxy) is 2. The molecule has 3 heteroatoms. The molecular weight excluding hydrogens is 144 g/mol. The van der Waals surface area contributed by atoms with Crippen LogP contribution >= 0.6 is 0 Å². The van der Waals surface area contributed by atoms with Crippen LogP contribution in [0.2, 0.25) is 0 Å². The average Bonchev–Trinajstić information content (AvgIpc) is 1.82. The lowest BCUT2D eigenvalue weighted by Gasteiger charge is -2.23. The number of carbonyl (C=O) groups is 1. The molecule has 0 unspecified atom stereocenters. The van der Waals surface area contributed by atoms with Gasteiger partial charge in [-0.3, -0.25) is 0 Å². The summed E-state index contributed by atoms with van der Waals surface area (Å²) in [5.41, 5.74) is -0.298. The first-order valence-electron chi connectivity index (χ1n) is 3.62. The van der Waals surface area contributed by atoms with E-state index in [9.17, 15) is 4.79 Å². The van der Waals surface area contributed by atoms with Gasteiger partial charge in [0, 0.05) is 0 Å². The summed E-state index contributed by atoms with van der Waals surface area (Å²) in [6.45, 7) is 7.36.